The van der Waals surface area contributed by atoms with E-state index < -0.39 is 42.1 Å². The molecule has 1 aromatic rings. The van der Waals surface area contributed by atoms with E-state index in [1.807, 2.05) is 0 Å². The van der Waals surface area contributed by atoms with E-state index in [1.165, 1.54) is 22.2 Å². The number of urea groups is 1. The zero-order valence-corrected chi connectivity index (χ0v) is 10.3. The Hall–Kier alpha value is -1.56. The number of sulfonamides is 1. The standard InChI is InChI=1S/C12H18N2O3S/c1-9-5-7-10(8-6-9)18(16,17)14-11(15)13-12(2,3)4/h5-8H,1-4H3,(H2,13,14,15)/i2D3,3D3,4D3. The Morgan fingerprint density at radius 3 is 2.28 bits per heavy atom. The van der Waals surface area contributed by atoms with Gasteiger partial charge in [-0.2, -0.15) is 0 Å². The number of hydrogen-bond acceptors (Lipinski definition) is 3. The van der Waals surface area contributed by atoms with Gasteiger partial charge < -0.3 is 5.32 Å². The van der Waals surface area contributed by atoms with Crippen LogP contribution in [0.5, 0.6) is 0 Å². The second kappa shape index (κ2) is 4.97. The van der Waals surface area contributed by atoms with Crippen molar-refractivity contribution >= 4 is 16.1 Å². The summed E-state index contributed by atoms with van der Waals surface area (Å²) < 4.78 is 92.3. The molecule has 0 saturated carbocycles. The van der Waals surface area contributed by atoms with E-state index in [4.69, 9.17) is 12.3 Å². The highest BCUT2D eigenvalue weighted by Crippen LogP contribution is 2.09. The van der Waals surface area contributed by atoms with Gasteiger partial charge in [0.25, 0.3) is 10.0 Å². The van der Waals surface area contributed by atoms with Crippen LogP contribution in [-0.4, -0.2) is 20.0 Å². The lowest BCUT2D eigenvalue weighted by molar-refractivity contribution is 0.237. The van der Waals surface area contributed by atoms with E-state index >= 15 is 0 Å². The van der Waals surface area contributed by atoms with Gasteiger partial charge in [-0.1, -0.05) is 17.7 Å². The predicted molar refractivity (Wildman–Crippen MR) is 69.8 cm³/mol. The second-order valence-electron chi connectivity index (χ2n) is 3.62. The minimum Gasteiger partial charge on any atom is -0.333 e. The van der Waals surface area contributed by atoms with E-state index in [1.54, 1.807) is 6.92 Å². The summed E-state index contributed by atoms with van der Waals surface area (Å²) >= 11 is 0. The zero-order valence-electron chi connectivity index (χ0n) is 18.4. The van der Waals surface area contributed by atoms with Gasteiger partial charge in [0, 0.05) is 17.9 Å². The van der Waals surface area contributed by atoms with Crippen LogP contribution in [0.3, 0.4) is 0 Å². The van der Waals surface area contributed by atoms with E-state index in [-0.39, 0.29) is 4.90 Å². The molecule has 1 rings (SSSR count). The van der Waals surface area contributed by atoms with Crippen molar-refractivity contribution in [3.05, 3.63) is 29.8 Å². The van der Waals surface area contributed by atoms with Crippen molar-refractivity contribution in [1.82, 2.24) is 10.0 Å². The van der Waals surface area contributed by atoms with Crippen molar-refractivity contribution in [2.75, 3.05) is 0 Å². The maximum atomic E-state index is 12.2. The summed E-state index contributed by atoms with van der Waals surface area (Å²) in [6.07, 6.45) is 0. The fraction of sp³-hybridized carbons (Fsp3) is 0.417. The number of hydrogen-bond donors (Lipinski definition) is 2. The van der Waals surface area contributed by atoms with Gasteiger partial charge in [0.15, 0.2) is 0 Å². The summed E-state index contributed by atoms with van der Waals surface area (Å²) in [5.74, 6) is 0. The molecule has 0 aliphatic heterocycles. The summed E-state index contributed by atoms with van der Waals surface area (Å²) in [5.41, 5.74) is -2.95. The Labute approximate surface area is 120 Å². The van der Waals surface area contributed by atoms with Gasteiger partial charge in [-0.15, -0.1) is 0 Å². The first-order valence-electron chi connectivity index (χ1n) is 9.27. The van der Waals surface area contributed by atoms with Gasteiger partial charge in [-0.3, -0.25) is 0 Å². The summed E-state index contributed by atoms with van der Waals surface area (Å²) in [6.45, 7) is -9.41. The molecule has 0 aliphatic carbocycles. The summed E-state index contributed by atoms with van der Waals surface area (Å²) in [4.78, 5) is 11.7. The molecule has 0 aliphatic rings. The first-order valence-corrected chi connectivity index (χ1v) is 6.25. The molecule has 5 nitrogen and oxygen atoms in total. The van der Waals surface area contributed by atoms with Crippen LogP contribution in [0.25, 0.3) is 0 Å². The third-order valence-corrected chi connectivity index (χ3v) is 3.21. The van der Waals surface area contributed by atoms with E-state index in [0.717, 1.165) is 17.7 Å². The molecule has 0 aromatic heterocycles. The van der Waals surface area contributed by atoms with E-state index in [0.29, 0.717) is 0 Å². The predicted octanol–water partition coefficient (Wildman–Crippen LogP) is 1.78. The van der Waals surface area contributed by atoms with Crippen LogP contribution in [0, 0.1) is 6.92 Å². The highest BCUT2D eigenvalue weighted by Gasteiger charge is 2.20. The van der Waals surface area contributed by atoms with Crippen molar-refractivity contribution in [1.29, 1.82) is 0 Å². The van der Waals surface area contributed by atoms with E-state index in [9.17, 15) is 13.2 Å². The molecule has 1 aromatic carbocycles. The number of carbonyl (C=O) groups excluding carboxylic acids is 1. The van der Waals surface area contributed by atoms with Crippen molar-refractivity contribution < 1.29 is 25.5 Å². The summed E-state index contributed by atoms with van der Waals surface area (Å²) in [5, 5.41) is 1.37. The highest BCUT2D eigenvalue weighted by molar-refractivity contribution is 7.90. The van der Waals surface area contributed by atoms with Crippen molar-refractivity contribution in [3.63, 3.8) is 0 Å². The third-order valence-electron chi connectivity index (χ3n) is 1.86. The van der Waals surface area contributed by atoms with Crippen LogP contribution < -0.4 is 10.0 Å². The first-order chi connectivity index (χ1) is 11.8. The normalized spacial score (nSPS) is 21.5. The second-order valence-corrected chi connectivity index (χ2v) is 5.31. The van der Waals surface area contributed by atoms with Gasteiger partial charge in [0.2, 0.25) is 0 Å². The van der Waals surface area contributed by atoms with Gasteiger partial charge in [-0.25, -0.2) is 17.9 Å². The fourth-order valence-corrected chi connectivity index (χ4v) is 2.00. The molecule has 0 unspecified atom stereocenters. The van der Waals surface area contributed by atoms with E-state index in [2.05, 4.69) is 0 Å². The lowest BCUT2D eigenvalue weighted by atomic mass is 10.1. The Balaban J connectivity index is 3.31. The monoisotopic (exact) mass is 279 g/mol. The average Bonchev–Trinajstić information content (AvgIpc) is 2.40. The smallest absolute Gasteiger partial charge is 0.329 e. The minimum atomic E-state index is -4.50. The molecule has 0 fully saturated rings. The van der Waals surface area contributed by atoms with Crippen LogP contribution >= 0.6 is 0 Å². The molecular formula is C12H18N2O3S. The van der Waals surface area contributed by atoms with Gasteiger partial charge in [0.05, 0.1) is 4.90 Å². The lowest BCUT2D eigenvalue weighted by Crippen LogP contribution is -2.48. The molecule has 2 amide bonds. The molecule has 0 bridgehead atoms. The molecule has 0 saturated heterocycles. The lowest BCUT2D eigenvalue weighted by Gasteiger charge is -2.20. The number of rotatable bonds is 2. The maximum Gasteiger partial charge on any atom is 0.329 e. The van der Waals surface area contributed by atoms with Crippen molar-refractivity contribution in [2.24, 2.45) is 0 Å². The SMILES string of the molecule is [2H]C([2H])([2H])C(NC(=O)NS(=O)(=O)c1ccc(C)cc1)(C([2H])([2H])[2H])C([2H])([2H])[2H]. The molecule has 100 valence electrons. The Morgan fingerprint density at radius 2 is 1.78 bits per heavy atom. The molecule has 0 heterocycles. The fourth-order valence-electron chi connectivity index (χ4n) is 1.09. The number of aryl methyl sites for hydroxylation is 1. The molecule has 6 heteroatoms. The highest BCUT2D eigenvalue weighted by atomic mass is 32.2. The minimum absolute atomic E-state index is 0.356. The van der Waals surface area contributed by atoms with Gasteiger partial charge in [0.1, 0.15) is 0 Å². The first kappa shape index (κ1) is 6.06. The molecule has 0 atom stereocenters. The largest absolute Gasteiger partial charge is 0.333 e. The quantitative estimate of drug-likeness (QED) is 0.866. The summed E-state index contributed by atoms with van der Waals surface area (Å²) in [7, 11) is -4.50. The number of benzene rings is 1. The Kier molecular flexibility index (Phi) is 1.67. The number of amides is 2. The molecular weight excluding hydrogens is 252 g/mol. The van der Waals surface area contributed by atoms with Crippen LogP contribution in [0.2, 0.25) is 0 Å². The van der Waals surface area contributed by atoms with Gasteiger partial charge in [-0.05, 0) is 39.6 Å². The van der Waals surface area contributed by atoms with Crippen molar-refractivity contribution in [2.45, 2.75) is 37.9 Å². The molecule has 2 N–H and O–H groups in total. The Morgan fingerprint density at radius 1 is 1.22 bits per heavy atom. The van der Waals surface area contributed by atoms with Crippen LogP contribution in [0.15, 0.2) is 29.2 Å². The number of nitrogens with one attached hydrogen (secondary N) is 2. The van der Waals surface area contributed by atoms with Crippen molar-refractivity contribution in [3.8, 4) is 0 Å². The van der Waals surface area contributed by atoms with Gasteiger partial charge >= 0.3 is 6.03 Å². The van der Waals surface area contributed by atoms with Crippen LogP contribution in [0.4, 0.5) is 4.79 Å². The molecule has 0 spiro atoms. The number of carbonyl (C=O) groups is 1. The van der Waals surface area contributed by atoms with Crippen LogP contribution in [-0.2, 0) is 10.0 Å². The van der Waals surface area contributed by atoms with Crippen LogP contribution in [0.1, 0.15) is 38.5 Å². The molecule has 18 heavy (non-hydrogen) atoms. The Bertz CT molecular complexity index is 759. The summed E-state index contributed by atoms with van der Waals surface area (Å²) in [6, 6.07) is 3.40. The maximum absolute atomic E-state index is 12.2. The average molecular weight is 279 g/mol. The zero-order chi connectivity index (χ0) is 21.5. The molecule has 0 radical (unpaired) electrons. The topological polar surface area (TPSA) is 75.3 Å². The third kappa shape index (κ3) is 4.37.